The summed E-state index contributed by atoms with van der Waals surface area (Å²) in [5.41, 5.74) is -0.598. The molecule has 6 nitrogen and oxygen atoms in total. The Balaban J connectivity index is 1.81. The molecule has 0 aromatic heterocycles. The van der Waals surface area contributed by atoms with Crippen LogP contribution in [0.3, 0.4) is 0 Å². The molecular formula is C23H31NO5S. The van der Waals surface area contributed by atoms with Gasteiger partial charge in [-0.3, -0.25) is 4.79 Å². The Bertz CT molecular complexity index is 937. The molecule has 0 saturated heterocycles. The molecule has 2 bridgehead atoms. The van der Waals surface area contributed by atoms with Crippen LogP contribution in [0.25, 0.3) is 0 Å². The van der Waals surface area contributed by atoms with Gasteiger partial charge in [-0.15, -0.1) is 5.92 Å². The van der Waals surface area contributed by atoms with Crippen molar-refractivity contribution in [1.82, 2.24) is 4.31 Å². The van der Waals surface area contributed by atoms with E-state index in [0.717, 1.165) is 19.3 Å². The van der Waals surface area contributed by atoms with Crippen LogP contribution < -0.4 is 4.74 Å². The summed E-state index contributed by atoms with van der Waals surface area (Å²) in [7, 11) is -2.17. The summed E-state index contributed by atoms with van der Waals surface area (Å²) in [6, 6.07) is 5.96. The molecule has 7 heteroatoms. The first kappa shape index (κ1) is 22.6. The summed E-state index contributed by atoms with van der Waals surface area (Å²) in [4.78, 5) is 13.1. The van der Waals surface area contributed by atoms with Gasteiger partial charge in [-0.2, -0.15) is 4.31 Å². The predicted molar refractivity (Wildman–Crippen MR) is 114 cm³/mol. The highest BCUT2D eigenvalue weighted by Gasteiger charge is 2.55. The highest BCUT2D eigenvalue weighted by molar-refractivity contribution is 7.89. The molecule has 0 heterocycles. The lowest BCUT2D eigenvalue weighted by Gasteiger charge is -2.36. The lowest BCUT2D eigenvalue weighted by molar-refractivity contribution is -0.163. The second-order valence-electron chi connectivity index (χ2n) is 9.09. The Kier molecular flexibility index (Phi) is 6.49. The van der Waals surface area contributed by atoms with Crippen molar-refractivity contribution in [1.29, 1.82) is 0 Å². The number of sulfonamides is 1. The fourth-order valence-electron chi connectivity index (χ4n) is 4.71. The third-order valence-corrected chi connectivity index (χ3v) is 7.83. The maximum Gasteiger partial charge on any atom is 0.311 e. The zero-order valence-electron chi connectivity index (χ0n) is 18.3. The number of hydrogen-bond donors (Lipinski definition) is 0. The van der Waals surface area contributed by atoms with E-state index in [2.05, 4.69) is 11.8 Å². The van der Waals surface area contributed by atoms with E-state index in [1.165, 1.54) is 16.4 Å². The maximum absolute atomic E-state index is 13.3. The lowest BCUT2D eigenvalue weighted by atomic mass is 9.84. The molecule has 0 radical (unpaired) electrons. The second-order valence-corrected chi connectivity index (χ2v) is 11.1. The zero-order chi connectivity index (χ0) is 22.1. The average molecular weight is 434 g/mol. The van der Waals surface area contributed by atoms with Crippen molar-refractivity contribution >= 4 is 16.0 Å². The Morgan fingerprint density at radius 2 is 1.80 bits per heavy atom. The third-order valence-electron chi connectivity index (χ3n) is 5.96. The molecule has 0 unspecified atom stereocenters. The fourth-order valence-corrected chi connectivity index (χ4v) is 6.15. The largest absolute Gasteiger partial charge is 0.481 e. The minimum Gasteiger partial charge on any atom is -0.481 e. The van der Waals surface area contributed by atoms with Gasteiger partial charge in [0.25, 0.3) is 0 Å². The Hall–Kier alpha value is -2.04. The van der Waals surface area contributed by atoms with Gasteiger partial charge in [0, 0.05) is 13.1 Å². The van der Waals surface area contributed by atoms with Gasteiger partial charge in [0.2, 0.25) is 10.0 Å². The number of fused-ring (bicyclic) bond motifs is 2. The standard InChI is InChI=1S/C23H31NO5S/c1-6-7-14-28-18-10-12-19(13-11-18)30(26,27)24(5)21-17-9-8-16(15-17)20(21)22(25)29-23(2,3)4/h10-13,16-17,20-21H,8-9,14-15H2,1-5H3/t16-,17-,20-,21+/m1/s1. The molecule has 4 atom stereocenters. The van der Waals surface area contributed by atoms with Crippen molar-refractivity contribution in [3.8, 4) is 17.6 Å². The minimum atomic E-state index is -3.75. The van der Waals surface area contributed by atoms with Crippen LogP contribution in [0.1, 0.15) is 47.0 Å². The van der Waals surface area contributed by atoms with Crippen LogP contribution in [-0.2, 0) is 19.6 Å². The number of esters is 1. The molecule has 30 heavy (non-hydrogen) atoms. The quantitative estimate of drug-likeness (QED) is 0.507. The van der Waals surface area contributed by atoms with Crippen LogP contribution >= 0.6 is 0 Å². The molecule has 0 N–H and O–H groups in total. The van der Waals surface area contributed by atoms with Crippen molar-refractivity contribution in [3.63, 3.8) is 0 Å². The summed E-state index contributed by atoms with van der Waals surface area (Å²) < 4.78 is 39.2. The fraction of sp³-hybridized carbons (Fsp3) is 0.609. The van der Waals surface area contributed by atoms with Crippen LogP contribution in [0.15, 0.2) is 29.2 Å². The van der Waals surface area contributed by atoms with Crippen LogP contribution in [0.4, 0.5) is 0 Å². The Morgan fingerprint density at radius 3 is 2.40 bits per heavy atom. The maximum atomic E-state index is 13.3. The minimum absolute atomic E-state index is 0.183. The van der Waals surface area contributed by atoms with Crippen molar-refractivity contribution in [3.05, 3.63) is 24.3 Å². The third kappa shape index (κ3) is 4.65. The molecule has 2 aliphatic rings. The number of rotatable bonds is 6. The lowest BCUT2D eigenvalue weighted by Crippen LogP contribution is -2.49. The van der Waals surface area contributed by atoms with E-state index < -0.39 is 21.5 Å². The number of carbonyl (C=O) groups is 1. The topological polar surface area (TPSA) is 72.9 Å². The summed E-state index contributed by atoms with van der Waals surface area (Å²) in [6.45, 7) is 7.50. The van der Waals surface area contributed by atoms with E-state index >= 15 is 0 Å². The Labute approximate surface area is 180 Å². The average Bonchev–Trinajstić information content (AvgIpc) is 3.28. The molecule has 0 amide bonds. The number of ether oxygens (including phenoxy) is 2. The first-order chi connectivity index (χ1) is 14.0. The van der Waals surface area contributed by atoms with Gasteiger partial charge in [0.1, 0.15) is 18.0 Å². The molecule has 3 rings (SSSR count). The van der Waals surface area contributed by atoms with Crippen molar-refractivity contribution in [2.75, 3.05) is 13.7 Å². The number of nitrogens with zero attached hydrogens (tertiary/aromatic N) is 1. The highest BCUT2D eigenvalue weighted by Crippen LogP contribution is 2.51. The van der Waals surface area contributed by atoms with Crippen molar-refractivity contribution < 1.29 is 22.7 Å². The predicted octanol–water partition coefficient (Wildman–Crippen LogP) is 3.47. The summed E-state index contributed by atoms with van der Waals surface area (Å²) in [5, 5.41) is 0. The first-order valence-corrected chi connectivity index (χ1v) is 11.8. The van der Waals surface area contributed by atoms with Gasteiger partial charge in [0.15, 0.2) is 0 Å². The van der Waals surface area contributed by atoms with E-state index in [-0.39, 0.29) is 35.3 Å². The highest BCUT2D eigenvalue weighted by atomic mass is 32.2. The van der Waals surface area contributed by atoms with Gasteiger partial charge in [0.05, 0.1) is 10.8 Å². The van der Waals surface area contributed by atoms with Crippen molar-refractivity contribution in [2.24, 2.45) is 17.8 Å². The normalized spacial score (nSPS) is 25.7. The smallest absolute Gasteiger partial charge is 0.311 e. The molecule has 1 aromatic carbocycles. The second kappa shape index (κ2) is 8.60. The number of carbonyl (C=O) groups excluding carboxylic acids is 1. The monoisotopic (exact) mass is 433 g/mol. The van der Waals surface area contributed by atoms with Crippen LogP contribution in [0.2, 0.25) is 0 Å². The van der Waals surface area contributed by atoms with Crippen molar-refractivity contribution in [2.45, 2.75) is 63.5 Å². The van der Waals surface area contributed by atoms with E-state index in [4.69, 9.17) is 9.47 Å². The summed E-state index contributed by atoms with van der Waals surface area (Å²) in [6.07, 6.45) is 2.77. The van der Waals surface area contributed by atoms with Crippen LogP contribution in [0, 0.1) is 29.6 Å². The van der Waals surface area contributed by atoms with Gasteiger partial charge in [-0.25, -0.2) is 8.42 Å². The first-order valence-electron chi connectivity index (χ1n) is 10.4. The molecular weight excluding hydrogens is 402 g/mol. The van der Waals surface area contributed by atoms with Crippen LogP contribution in [-0.4, -0.2) is 44.0 Å². The van der Waals surface area contributed by atoms with E-state index in [1.54, 1.807) is 26.1 Å². The van der Waals surface area contributed by atoms with Gasteiger partial charge >= 0.3 is 5.97 Å². The van der Waals surface area contributed by atoms with Crippen LogP contribution in [0.5, 0.6) is 5.75 Å². The van der Waals surface area contributed by atoms with E-state index in [9.17, 15) is 13.2 Å². The molecule has 0 aliphatic heterocycles. The van der Waals surface area contributed by atoms with Gasteiger partial charge in [-0.1, -0.05) is 5.92 Å². The summed E-state index contributed by atoms with van der Waals surface area (Å²) in [5.74, 6) is 5.77. The number of benzene rings is 1. The molecule has 2 saturated carbocycles. The molecule has 0 spiro atoms. The summed E-state index contributed by atoms with van der Waals surface area (Å²) >= 11 is 0. The Morgan fingerprint density at radius 1 is 1.17 bits per heavy atom. The van der Waals surface area contributed by atoms with Gasteiger partial charge < -0.3 is 9.47 Å². The van der Waals surface area contributed by atoms with E-state index in [1.807, 2.05) is 20.8 Å². The molecule has 2 aliphatic carbocycles. The zero-order valence-corrected chi connectivity index (χ0v) is 19.2. The SMILES string of the molecule is CC#CCOc1ccc(S(=O)(=O)N(C)[C@H]2[C@@H]3CC[C@H](C3)[C@H]2C(=O)OC(C)(C)C)cc1. The van der Waals surface area contributed by atoms with E-state index in [0.29, 0.717) is 5.75 Å². The number of hydrogen-bond acceptors (Lipinski definition) is 5. The molecule has 164 valence electrons. The molecule has 1 aromatic rings. The molecule has 2 fully saturated rings. The van der Waals surface area contributed by atoms with Gasteiger partial charge in [-0.05, 0) is 83.1 Å².